The van der Waals surface area contributed by atoms with Crippen LogP contribution in [0.15, 0.2) is 0 Å². The number of unbranched alkanes of at least 4 members (excludes halogenated alkanes) is 5. The Hall–Kier alpha value is -2.25. The van der Waals surface area contributed by atoms with Crippen molar-refractivity contribution in [2.75, 3.05) is 0 Å². The third kappa shape index (κ3) is 11.1. The number of hydrogen-bond donors (Lipinski definition) is 3. The van der Waals surface area contributed by atoms with Crippen LogP contribution in [0.1, 0.15) is 71.1 Å². The van der Waals surface area contributed by atoms with E-state index in [4.69, 9.17) is 0 Å². The van der Waals surface area contributed by atoms with E-state index in [9.17, 15) is 50.5 Å². The van der Waals surface area contributed by atoms with Gasteiger partial charge < -0.3 is 20.1 Å². The van der Waals surface area contributed by atoms with Crippen molar-refractivity contribution in [3.63, 3.8) is 0 Å². The summed E-state index contributed by atoms with van der Waals surface area (Å²) >= 11 is 0. The fourth-order valence-corrected chi connectivity index (χ4v) is 3.46. The Balaban J connectivity index is 4.84. The first-order valence-electron chi connectivity index (χ1n) is 10.4. The number of nitro groups is 3. The van der Waals surface area contributed by atoms with Gasteiger partial charge in [0.2, 0.25) is 18.1 Å². The molecule has 31 heavy (non-hydrogen) atoms. The Bertz CT molecular complexity index is 577. The van der Waals surface area contributed by atoms with Gasteiger partial charge in [0.25, 0.3) is 0 Å². The number of aliphatic hydroxyl groups is 3. The molecule has 3 N–H and O–H groups in total. The van der Waals surface area contributed by atoms with Gasteiger partial charge in [-0.2, -0.15) is 0 Å². The van der Waals surface area contributed by atoms with E-state index in [0.29, 0.717) is 19.3 Å². The van der Waals surface area contributed by atoms with Crippen LogP contribution in [0.3, 0.4) is 0 Å². The van der Waals surface area contributed by atoms with Crippen molar-refractivity contribution in [2.24, 2.45) is 0 Å². The van der Waals surface area contributed by atoms with Crippen molar-refractivity contribution in [1.82, 2.24) is 0 Å². The van der Waals surface area contributed by atoms with Crippen molar-refractivity contribution in [3.05, 3.63) is 30.3 Å². The van der Waals surface area contributed by atoms with Gasteiger partial charge in [0, 0.05) is 40.5 Å². The van der Waals surface area contributed by atoms with Crippen LogP contribution in [-0.4, -0.2) is 72.8 Å². The number of nitrogens with zero attached hydrogens (tertiary/aromatic N) is 3. The zero-order valence-electron chi connectivity index (χ0n) is 17.7. The third-order valence-electron chi connectivity index (χ3n) is 5.35. The molecule has 0 radical (unpaired) electrons. The largest absolute Gasteiger partial charge is 0.386 e. The first-order valence-corrected chi connectivity index (χ1v) is 10.4. The summed E-state index contributed by atoms with van der Waals surface area (Å²) in [4.78, 5) is 41.4. The average Bonchev–Trinajstić information content (AvgIpc) is 2.67. The number of rotatable bonds is 19. The fourth-order valence-electron chi connectivity index (χ4n) is 3.46. The quantitative estimate of drug-likeness (QED) is 0.110. The summed E-state index contributed by atoms with van der Waals surface area (Å²) in [7, 11) is 0. The summed E-state index contributed by atoms with van der Waals surface area (Å²) in [6.45, 7) is 1.43. The van der Waals surface area contributed by atoms with E-state index >= 15 is 0 Å². The van der Waals surface area contributed by atoms with Gasteiger partial charge in [0.15, 0.2) is 0 Å². The van der Waals surface area contributed by atoms with Gasteiger partial charge >= 0.3 is 0 Å². The molecule has 0 saturated carbocycles. The van der Waals surface area contributed by atoms with Crippen LogP contribution in [0.25, 0.3) is 0 Å². The highest BCUT2D eigenvalue weighted by Gasteiger charge is 2.41. The monoisotopic (exact) mass is 451 g/mol. The van der Waals surface area contributed by atoms with Crippen molar-refractivity contribution in [1.29, 1.82) is 0 Å². The molecule has 6 unspecified atom stereocenters. The highest BCUT2D eigenvalue weighted by Crippen LogP contribution is 2.20. The molecule has 13 nitrogen and oxygen atoms in total. The van der Waals surface area contributed by atoms with E-state index in [1.54, 1.807) is 0 Å². The second-order valence-electron chi connectivity index (χ2n) is 7.65. The van der Waals surface area contributed by atoms with Gasteiger partial charge in [0.05, 0.1) is 6.42 Å². The van der Waals surface area contributed by atoms with Crippen LogP contribution in [0.5, 0.6) is 0 Å². The molecule has 0 heterocycles. The molecular formula is C18H33N3O10. The molecule has 0 bridgehead atoms. The molecule has 6 atom stereocenters. The standard InChI is InChI=1S/C18H33N3O10/c1-2-13(19(26)27)16(23)11-15(21(30)31)18(25)12-17(24)14(20(28)29)9-7-5-3-4-6-8-10-22/h10,13-18,23-25H,2-9,11-12H2,1H3. The lowest BCUT2D eigenvalue weighted by molar-refractivity contribution is -0.556. The Morgan fingerprint density at radius 3 is 1.65 bits per heavy atom. The molecular weight excluding hydrogens is 418 g/mol. The maximum absolute atomic E-state index is 11.3. The van der Waals surface area contributed by atoms with E-state index in [2.05, 4.69) is 0 Å². The summed E-state index contributed by atoms with van der Waals surface area (Å²) in [6, 6.07) is -4.69. The van der Waals surface area contributed by atoms with Gasteiger partial charge in [-0.1, -0.05) is 26.2 Å². The SMILES string of the molecule is CCC(C(O)CC(C(O)CC(O)C(CCCCCCCC=O)[N+](=O)[O-])[N+](=O)[O-])[N+](=O)[O-]. The van der Waals surface area contributed by atoms with Gasteiger partial charge in [0.1, 0.15) is 24.6 Å². The van der Waals surface area contributed by atoms with E-state index in [1.165, 1.54) is 6.92 Å². The lowest BCUT2D eigenvalue weighted by Gasteiger charge is -2.23. The second kappa shape index (κ2) is 15.5. The summed E-state index contributed by atoms with van der Waals surface area (Å²) in [6.07, 6.45) is -1.94. The summed E-state index contributed by atoms with van der Waals surface area (Å²) in [5.41, 5.74) is 0. The minimum Gasteiger partial charge on any atom is -0.386 e. The smallest absolute Gasteiger partial charge is 0.241 e. The van der Waals surface area contributed by atoms with Crippen LogP contribution in [-0.2, 0) is 4.79 Å². The first kappa shape index (κ1) is 28.8. The zero-order valence-corrected chi connectivity index (χ0v) is 17.7. The number of hydrogen-bond acceptors (Lipinski definition) is 10. The molecule has 0 saturated heterocycles. The molecule has 180 valence electrons. The lowest BCUT2D eigenvalue weighted by Crippen LogP contribution is -2.45. The van der Waals surface area contributed by atoms with E-state index in [1.807, 2.05) is 0 Å². The zero-order chi connectivity index (χ0) is 24.0. The minimum atomic E-state index is -1.82. The van der Waals surface area contributed by atoms with E-state index < -0.39 is 64.0 Å². The van der Waals surface area contributed by atoms with Crippen molar-refractivity contribution in [2.45, 2.75) is 108 Å². The Morgan fingerprint density at radius 1 is 0.710 bits per heavy atom. The van der Waals surface area contributed by atoms with E-state index in [0.717, 1.165) is 25.5 Å². The predicted octanol–water partition coefficient (Wildman–Crippen LogP) is 1.12. The van der Waals surface area contributed by atoms with Gasteiger partial charge in [-0.3, -0.25) is 30.3 Å². The molecule has 0 amide bonds. The number of aliphatic hydroxyl groups excluding tert-OH is 3. The van der Waals surface area contributed by atoms with Gasteiger partial charge in [-0.05, 0) is 12.8 Å². The Labute approximate surface area is 179 Å². The first-order chi connectivity index (χ1) is 14.6. The summed E-state index contributed by atoms with van der Waals surface area (Å²) in [5.74, 6) is 0. The molecule has 0 spiro atoms. The summed E-state index contributed by atoms with van der Waals surface area (Å²) < 4.78 is 0. The lowest BCUT2D eigenvalue weighted by atomic mass is 9.92. The van der Waals surface area contributed by atoms with Crippen LogP contribution in [0, 0.1) is 30.3 Å². The maximum atomic E-state index is 11.3. The molecule has 0 aromatic heterocycles. The average molecular weight is 451 g/mol. The van der Waals surface area contributed by atoms with Crippen LogP contribution in [0.4, 0.5) is 0 Å². The topological polar surface area (TPSA) is 207 Å². The molecule has 13 heteroatoms. The highest BCUT2D eigenvalue weighted by molar-refractivity contribution is 5.48. The molecule has 0 aromatic rings. The van der Waals surface area contributed by atoms with Gasteiger partial charge in [-0.25, -0.2) is 0 Å². The molecule has 0 aliphatic carbocycles. The van der Waals surface area contributed by atoms with Crippen molar-refractivity contribution in [3.8, 4) is 0 Å². The Kier molecular flexibility index (Phi) is 14.4. The molecule has 0 aliphatic heterocycles. The van der Waals surface area contributed by atoms with Crippen molar-refractivity contribution < 1.29 is 34.9 Å². The maximum Gasteiger partial charge on any atom is 0.241 e. The third-order valence-corrected chi connectivity index (χ3v) is 5.35. The van der Waals surface area contributed by atoms with Gasteiger partial charge in [-0.15, -0.1) is 0 Å². The predicted molar refractivity (Wildman–Crippen MR) is 108 cm³/mol. The number of carbonyl (C=O) groups excluding carboxylic acids is 1. The number of aldehydes is 1. The van der Waals surface area contributed by atoms with E-state index in [-0.39, 0.29) is 12.8 Å². The van der Waals surface area contributed by atoms with Crippen LogP contribution in [0.2, 0.25) is 0 Å². The number of carbonyl (C=O) groups is 1. The van der Waals surface area contributed by atoms with Crippen LogP contribution >= 0.6 is 0 Å². The fraction of sp³-hybridized carbons (Fsp3) is 0.944. The Morgan fingerprint density at radius 2 is 1.16 bits per heavy atom. The van der Waals surface area contributed by atoms with Crippen molar-refractivity contribution >= 4 is 6.29 Å². The highest BCUT2D eigenvalue weighted by atomic mass is 16.6. The second-order valence-corrected chi connectivity index (χ2v) is 7.65. The molecule has 0 aromatic carbocycles. The molecule has 0 fully saturated rings. The minimum absolute atomic E-state index is 0.0134. The molecule has 0 rings (SSSR count). The summed E-state index contributed by atoms with van der Waals surface area (Å²) in [5, 5.41) is 63.8. The normalized spacial score (nSPS) is 17.2. The van der Waals surface area contributed by atoms with Crippen LogP contribution < -0.4 is 0 Å². The molecule has 0 aliphatic rings.